The van der Waals surface area contributed by atoms with Crippen LogP contribution in [0.4, 0.5) is 5.69 Å². The average Bonchev–Trinajstić information content (AvgIpc) is 2.42. The molecule has 1 aromatic rings. The minimum atomic E-state index is 0.344. The van der Waals surface area contributed by atoms with Crippen LogP contribution < -0.4 is 5.32 Å². The van der Waals surface area contributed by atoms with Crippen LogP contribution in [0.15, 0.2) is 55.3 Å². The molecular formula is C15H18ClNO2. The number of hydrogen-bond acceptors (Lipinski definition) is 3. The van der Waals surface area contributed by atoms with Gasteiger partial charge in [0, 0.05) is 17.8 Å². The van der Waals surface area contributed by atoms with E-state index in [9.17, 15) is 4.79 Å². The molecular weight excluding hydrogens is 262 g/mol. The number of allylic oxidation sites excluding steroid dienone is 3. The van der Waals surface area contributed by atoms with Gasteiger partial charge in [-0.15, -0.1) is 0 Å². The first-order chi connectivity index (χ1) is 9.08. The number of hydrogen-bond donors (Lipinski definition) is 1. The Labute approximate surface area is 119 Å². The lowest BCUT2D eigenvalue weighted by molar-refractivity contribution is -0.124. The average molecular weight is 280 g/mol. The monoisotopic (exact) mass is 279 g/mol. The Balaban J connectivity index is 0.000000344. The highest BCUT2D eigenvalue weighted by Gasteiger charge is 1.93. The second-order valence-corrected chi connectivity index (χ2v) is 3.84. The molecule has 0 aliphatic carbocycles. The Hall–Kier alpha value is -2.00. The molecule has 1 rings (SSSR count). The van der Waals surface area contributed by atoms with Crippen molar-refractivity contribution in [1.29, 1.82) is 0 Å². The van der Waals surface area contributed by atoms with E-state index in [2.05, 4.69) is 23.2 Å². The van der Waals surface area contributed by atoms with Gasteiger partial charge in [0.15, 0.2) is 0 Å². The van der Waals surface area contributed by atoms with E-state index in [-0.39, 0.29) is 0 Å². The maximum absolute atomic E-state index is 9.70. The van der Waals surface area contributed by atoms with Gasteiger partial charge in [0.2, 0.25) is 0 Å². The Morgan fingerprint density at radius 2 is 2.11 bits per heavy atom. The van der Waals surface area contributed by atoms with Crippen LogP contribution in [0.1, 0.15) is 5.56 Å². The van der Waals surface area contributed by atoms with Crippen LogP contribution in [0.5, 0.6) is 0 Å². The molecule has 0 saturated heterocycles. The Kier molecular flexibility index (Phi) is 8.92. The van der Waals surface area contributed by atoms with E-state index >= 15 is 0 Å². The zero-order chi connectivity index (χ0) is 14.7. The molecule has 0 aliphatic heterocycles. The molecule has 0 unspecified atom stereocenters. The van der Waals surface area contributed by atoms with Crippen molar-refractivity contribution < 1.29 is 9.53 Å². The fourth-order valence-corrected chi connectivity index (χ4v) is 1.26. The van der Waals surface area contributed by atoms with Crippen molar-refractivity contribution in [3.8, 4) is 0 Å². The number of halogens is 1. The van der Waals surface area contributed by atoms with E-state index in [0.29, 0.717) is 12.2 Å². The van der Waals surface area contributed by atoms with E-state index < -0.39 is 0 Å². The normalized spacial score (nSPS) is 9.74. The highest BCUT2D eigenvalue weighted by atomic mass is 35.5. The Bertz CT molecular complexity index is 467. The van der Waals surface area contributed by atoms with Crippen molar-refractivity contribution in [1.82, 2.24) is 0 Å². The highest BCUT2D eigenvalue weighted by Crippen LogP contribution is 2.19. The van der Waals surface area contributed by atoms with Gasteiger partial charge in [-0.25, -0.2) is 0 Å². The predicted molar refractivity (Wildman–Crippen MR) is 81.4 cm³/mol. The summed E-state index contributed by atoms with van der Waals surface area (Å²) in [5, 5.41) is 3.82. The maximum atomic E-state index is 9.70. The lowest BCUT2D eigenvalue weighted by Gasteiger charge is -2.01. The predicted octanol–water partition coefficient (Wildman–Crippen LogP) is 4.11. The summed E-state index contributed by atoms with van der Waals surface area (Å²) >= 11 is 5.85. The molecule has 0 spiro atoms. The van der Waals surface area contributed by atoms with Crippen LogP contribution in [0.3, 0.4) is 0 Å². The van der Waals surface area contributed by atoms with Crippen molar-refractivity contribution in [2.24, 2.45) is 0 Å². The smallest absolute Gasteiger partial charge is 0.298 e. The molecule has 0 amide bonds. The van der Waals surface area contributed by atoms with Crippen LogP contribution in [-0.2, 0) is 9.53 Å². The summed E-state index contributed by atoms with van der Waals surface area (Å²) in [5.41, 5.74) is 2.16. The van der Waals surface area contributed by atoms with Crippen molar-refractivity contribution in [3.05, 3.63) is 65.9 Å². The van der Waals surface area contributed by atoms with Crippen molar-refractivity contribution >= 4 is 23.8 Å². The third kappa shape index (κ3) is 7.11. The number of benzene rings is 1. The van der Waals surface area contributed by atoms with Gasteiger partial charge in [-0.05, 0) is 36.8 Å². The second-order valence-electron chi connectivity index (χ2n) is 3.44. The summed E-state index contributed by atoms with van der Waals surface area (Å²) in [7, 11) is 1.88. The van der Waals surface area contributed by atoms with E-state index in [1.54, 1.807) is 6.08 Å². The van der Waals surface area contributed by atoms with Gasteiger partial charge < -0.3 is 10.1 Å². The van der Waals surface area contributed by atoms with Gasteiger partial charge in [-0.3, -0.25) is 4.79 Å². The molecule has 0 bridgehead atoms. The van der Waals surface area contributed by atoms with Gasteiger partial charge in [-0.1, -0.05) is 36.9 Å². The third-order valence-corrected chi connectivity index (χ3v) is 2.54. The van der Waals surface area contributed by atoms with E-state index in [1.165, 1.54) is 12.2 Å². The molecule has 102 valence electrons. The van der Waals surface area contributed by atoms with Crippen LogP contribution in [0, 0.1) is 6.92 Å². The van der Waals surface area contributed by atoms with Gasteiger partial charge in [-0.2, -0.15) is 0 Å². The van der Waals surface area contributed by atoms with Gasteiger partial charge in [0.05, 0.1) is 0 Å². The first kappa shape index (κ1) is 17.0. The Morgan fingerprint density at radius 3 is 2.53 bits per heavy atom. The third-order valence-electron chi connectivity index (χ3n) is 2.13. The van der Waals surface area contributed by atoms with Crippen LogP contribution in [-0.4, -0.2) is 13.5 Å². The molecule has 19 heavy (non-hydrogen) atoms. The van der Waals surface area contributed by atoms with Crippen molar-refractivity contribution in [3.63, 3.8) is 0 Å². The zero-order valence-electron chi connectivity index (χ0n) is 11.2. The molecule has 0 aromatic heterocycles. The lowest BCUT2D eigenvalue weighted by Crippen LogP contribution is -1.87. The standard InChI is InChI=1S/C8H10ClN.C7H8O2/c1-6-3-4-7(10-2)5-8(6)9;1-3-5-7(4-2)9-6-8/h3-5,10H,1-2H3;3-6H,1-2H2/b;7-5+. The molecule has 0 aliphatic rings. The van der Waals surface area contributed by atoms with Crippen molar-refractivity contribution in [2.75, 3.05) is 12.4 Å². The van der Waals surface area contributed by atoms with Gasteiger partial charge in [0.25, 0.3) is 6.47 Å². The largest absolute Gasteiger partial charge is 0.429 e. The summed E-state index contributed by atoms with van der Waals surface area (Å²) in [6, 6.07) is 5.91. The Morgan fingerprint density at radius 1 is 1.42 bits per heavy atom. The molecule has 0 heterocycles. The number of carbonyl (C=O) groups excluding carboxylic acids is 1. The number of ether oxygens (including phenoxy) is 1. The maximum Gasteiger partial charge on any atom is 0.298 e. The molecule has 0 saturated carbocycles. The molecule has 1 N–H and O–H groups in total. The molecule has 4 heteroatoms. The molecule has 0 atom stereocenters. The molecule has 0 fully saturated rings. The molecule has 1 aromatic carbocycles. The summed E-state index contributed by atoms with van der Waals surface area (Å²) in [6.07, 6.45) is 4.48. The van der Waals surface area contributed by atoms with Crippen LogP contribution in [0.25, 0.3) is 0 Å². The number of anilines is 1. The number of carbonyl (C=O) groups is 1. The topological polar surface area (TPSA) is 38.3 Å². The van der Waals surface area contributed by atoms with Crippen molar-refractivity contribution in [2.45, 2.75) is 6.92 Å². The van der Waals surface area contributed by atoms with E-state index in [0.717, 1.165) is 16.3 Å². The number of nitrogens with one attached hydrogen (secondary N) is 1. The highest BCUT2D eigenvalue weighted by molar-refractivity contribution is 6.31. The fourth-order valence-electron chi connectivity index (χ4n) is 1.08. The number of aryl methyl sites for hydroxylation is 1. The first-order valence-electron chi connectivity index (χ1n) is 5.58. The van der Waals surface area contributed by atoms with Gasteiger partial charge >= 0.3 is 0 Å². The minimum absolute atomic E-state index is 0.344. The molecule has 3 nitrogen and oxygen atoms in total. The lowest BCUT2D eigenvalue weighted by atomic mass is 10.2. The van der Waals surface area contributed by atoms with Gasteiger partial charge in [0.1, 0.15) is 5.76 Å². The first-order valence-corrected chi connectivity index (χ1v) is 5.96. The zero-order valence-corrected chi connectivity index (χ0v) is 11.9. The SMILES string of the molecule is C=C/C=C(\C=C)OC=O.CNc1ccc(C)c(Cl)c1. The fraction of sp³-hybridized carbons (Fsp3) is 0.133. The quantitative estimate of drug-likeness (QED) is 0.501. The minimum Gasteiger partial charge on any atom is -0.429 e. The number of rotatable bonds is 5. The summed E-state index contributed by atoms with van der Waals surface area (Å²) < 4.78 is 4.42. The summed E-state index contributed by atoms with van der Waals surface area (Å²) in [6.45, 7) is 9.14. The molecule has 0 radical (unpaired) electrons. The second kappa shape index (κ2) is 9.97. The van der Waals surface area contributed by atoms with E-state index in [1.807, 2.05) is 32.2 Å². The van der Waals surface area contributed by atoms with E-state index in [4.69, 9.17) is 11.6 Å². The van der Waals surface area contributed by atoms with Crippen LogP contribution >= 0.6 is 11.6 Å². The van der Waals surface area contributed by atoms with Crippen LogP contribution in [0.2, 0.25) is 5.02 Å². The summed E-state index contributed by atoms with van der Waals surface area (Å²) in [5.74, 6) is 0.403. The summed E-state index contributed by atoms with van der Waals surface area (Å²) in [4.78, 5) is 9.70.